The van der Waals surface area contributed by atoms with Crippen LogP contribution in [0.25, 0.3) is 0 Å². The molecule has 1 aromatic rings. The maximum atomic E-state index is 10.6. The Hall–Kier alpha value is -1.25. The van der Waals surface area contributed by atoms with E-state index in [2.05, 4.69) is 0 Å². The molecule has 1 aliphatic rings. The summed E-state index contributed by atoms with van der Waals surface area (Å²) in [6, 6.07) is 1.64. The molecule has 8 heteroatoms. The zero-order chi connectivity index (χ0) is 11.5. The van der Waals surface area contributed by atoms with Crippen LogP contribution < -0.4 is 23.4 Å². The minimum absolute atomic E-state index is 0.212. The Bertz CT molecular complexity index is 326. The Morgan fingerprint density at radius 2 is 1.93 bits per heavy atom. The van der Waals surface area contributed by atoms with Crippen LogP contribution in [0.15, 0.2) is 23.0 Å². The van der Waals surface area contributed by atoms with Crippen molar-refractivity contribution in [3.63, 3.8) is 0 Å². The van der Waals surface area contributed by atoms with Crippen molar-refractivity contribution in [1.82, 2.24) is 0 Å². The maximum Gasteiger partial charge on any atom is 0.325 e. The van der Waals surface area contributed by atoms with Crippen molar-refractivity contribution in [1.29, 1.82) is 0 Å². The van der Waals surface area contributed by atoms with Gasteiger partial charge in [0.25, 0.3) is 0 Å². The van der Waals surface area contributed by atoms with Crippen LogP contribution in [0, 0.1) is 10.2 Å². The first-order valence-corrected chi connectivity index (χ1v) is 4.80. The van der Waals surface area contributed by atoms with Gasteiger partial charge in [-0.25, -0.2) is 23.1 Å². The van der Waals surface area contributed by atoms with E-state index in [4.69, 9.17) is 27.8 Å². The van der Waals surface area contributed by atoms with Gasteiger partial charge in [0.05, 0.1) is 12.5 Å². The van der Waals surface area contributed by atoms with Gasteiger partial charge in [-0.15, -0.1) is 10.2 Å². The lowest BCUT2D eigenvalue weighted by Crippen LogP contribution is -2.68. The molecule has 0 N–H and O–H groups in total. The fourth-order valence-corrected chi connectivity index (χ4v) is 0.930. The van der Waals surface area contributed by atoms with Gasteiger partial charge >= 0.3 is 18.5 Å². The van der Waals surface area contributed by atoms with Crippen LogP contribution in [0.4, 0.5) is 0 Å². The van der Waals surface area contributed by atoms with E-state index in [1.807, 2.05) is 0 Å². The Labute approximate surface area is 85.9 Å². The van der Waals surface area contributed by atoms with Crippen LogP contribution in [-0.4, -0.2) is 5.97 Å². The van der Waals surface area contributed by atoms with Crippen LogP contribution >= 0.6 is 0 Å². The molecule has 0 bridgehead atoms. The van der Waals surface area contributed by atoms with Crippen molar-refractivity contribution >= 4 is 5.97 Å². The van der Waals surface area contributed by atoms with Gasteiger partial charge in [0.1, 0.15) is 5.56 Å². The van der Waals surface area contributed by atoms with Crippen molar-refractivity contribution in [3.05, 3.63) is 24.2 Å². The van der Waals surface area contributed by atoms with Crippen molar-refractivity contribution in [2.45, 2.75) is 6.42 Å². The Morgan fingerprint density at radius 1 is 1.33 bits per heavy atom. The molecule has 0 amide bonds. The van der Waals surface area contributed by atoms with Gasteiger partial charge in [0.15, 0.2) is 5.75 Å². The Morgan fingerprint density at radius 3 is 2.47 bits per heavy atom. The van der Waals surface area contributed by atoms with E-state index >= 15 is 0 Å². The Balaban J connectivity index is 0.000000195. The predicted octanol–water partition coefficient (Wildman–Crippen LogP) is -3.73. The zero-order valence-corrected chi connectivity index (χ0v) is 7.93. The van der Waals surface area contributed by atoms with E-state index in [9.17, 15) is 4.79 Å². The van der Waals surface area contributed by atoms with E-state index in [1.165, 1.54) is 12.5 Å². The van der Waals surface area contributed by atoms with E-state index in [-0.39, 0.29) is 5.97 Å². The molecule has 0 radical (unpaired) electrons. The fourth-order valence-electron chi connectivity index (χ4n) is 0.930. The number of ether oxygens (including phenoxy) is 1. The summed E-state index contributed by atoms with van der Waals surface area (Å²) in [5, 5.41) is 0. The third kappa shape index (κ3) is 4.68. The number of esters is 1. The molecule has 0 fully saturated rings. The first-order valence-electron chi connectivity index (χ1n) is 3.57. The summed E-state index contributed by atoms with van der Waals surface area (Å²) in [6.45, 7) is 0. The lowest BCUT2D eigenvalue weighted by molar-refractivity contribution is -2.00. The average molecular weight is 237 g/mol. The number of hydrogen-bond donors (Lipinski definition) is 0. The minimum atomic E-state index is -4.94. The molecular weight excluding hydrogens is 232 g/mol. The first-order chi connectivity index (χ1) is 6.86. The normalized spacial score (nSPS) is 13.7. The molecule has 0 atom stereocenters. The Kier molecular flexibility index (Phi) is 3.56. The van der Waals surface area contributed by atoms with Crippen molar-refractivity contribution < 1.29 is 42.8 Å². The van der Waals surface area contributed by atoms with Crippen LogP contribution in [0.2, 0.25) is 0 Å². The quantitative estimate of drug-likeness (QED) is 0.334. The standard InChI is InChI=1S/C7H5O3.ClHO4/c8-7-3-5-4-9-2-1-6(5)10-7;2-1(3,4)5/h1-2,4H,3H2;(H,2,3,4,5)/q+1;/p-1. The SMILES string of the molecule is O=C1Cc2c[o+]ccc2O1.[O-][Cl+3]([O-])([O-])[O-]. The van der Waals surface area contributed by atoms with Crippen LogP contribution in [0.3, 0.4) is 0 Å². The predicted molar refractivity (Wildman–Crippen MR) is 32.5 cm³/mol. The van der Waals surface area contributed by atoms with Crippen molar-refractivity contribution in [2.24, 2.45) is 0 Å². The second-order valence-electron chi connectivity index (χ2n) is 2.47. The topological polar surface area (TPSA) is 130 Å². The summed E-state index contributed by atoms with van der Waals surface area (Å²) in [4.78, 5) is 10.6. The number of rotatable bonds is 0. The summed E-state index contributed by atoms with van der Waals surface area (Å²) in [5.41, 5.74) is 0.826. The number of carbonyl (C=O) groups is 1. The van der Waals surface area contributed by atoms with E-state index < -0.39 is 10.2 Å². The van der Waals surface area contributed by atoms with Crippen LogP contribution in [0.1, 0.15) is 5.56 Å². The summed E-state index contributed by atoms with van der Waals surface area (Å²) in [7, 11) is -4.94. The molecule has 0 aliphatic carbocycles. The van der Waals surface area contributed by atoms with Gasteiger partial charge in [-0.2, -0.15) is 0 Å². The summed E-state index contributed by atoms with van der Waals surface area (Å²) >= 11 is 0. The smallest absolute Gasteiger partial charge is 0.325 e. The molecule has 0 unspecified atom stereocenters. The van der Waals surface area contributed by atoms with E-state index in [0.29, 0.717) is 12.2 Å². The first kappa shape index (κ1) is 11.8. The molecule has 2 rings (SSSR count). The minimum Gasteiger partial charge on any atom is -0.425 e. The molecule has 82 valence electrons. The van der Waals surface area contributed by atoms with Gasteiger partial charge in [-0.05, 0) is 0 Å². The van der Waals surface area contributed by atoms with Crippen molar-refractivity contribution in [2.75, 3.05) is 0 Å². The highest BCUT2D eigenvalue weighted by Gasteiger charge is 2.23. The second-order valence-corrected chi connectivity index (χ2v) is 3.23. The van der Waals surface area contributed by atoms with Gasteiger partial charge in [0, 0.05) is 0 Å². The number of fused-ring (bicyclic) bond motifs is 1. The molecule has 0 saturated carbocycles. The lowest BCUT2D eigenvalue weighted by Gasteiger charge is -2.17. The van der Waals surface area contributed by atoms with E-state index in [0.717, 1.165) is 5.56 Å². The third-order valence-corrected chi connectivity index (χ3v) is 1.38. The summed E-state index contributed by atoms with van der Waals surface area (Å²) in [6.07, 6.45) is 3.34. The number of halogens is 1. The van der Waals surface area contributed by atoms with Gasteiger partial charge in [-0.3, -0.25) is 4.79 Å². The van der Waals surface area contributed by atoms with Gasteiger partial charge in [0.2, 0.25) is 0 Å². The van der Waals surface area contributed by atoms with Crippen molar-refractivity contribution in [3.8, 4) is 5.75 Å². The largest absolute Gasteiger partial charge is 0.425 e. The summed E-state index contributed by atoms with van der Waals surface area (Å²) < 4.78 is 43.6. The summed E-state index contributed by atoms with van der Waals surface area (Å²) in [5.74, 6) is 0.410. The second kappa shape index (κ2) is 4.51. The number of carbonyl (C=O) groups excluding carboxylic acids is 1. The highest BCUT2D eigenvalue weighted by molar-refractivity contribution is 5.80. The monoisotopic (exact) mass is 236 g/mol. The maximum absolute atomic E-state index is 10.6. The van der Waals surface area contributed by atoms with E-state index in [1.54, 1.807) is 6.07 Å². The molecule has 0 aromatic carbocycles. The fraction of sp³-hybridized carbons (Fsp3) is 0.143. The zero-order valence-electron chi connectivity index (χ0n) is 7.17. The van der Waals surface area contributed by atoms with Crippen LogP contribution in [0.5, 0.6) is 5.75 Å². The highest BCUT2D eigenvalue weighted by atomic mass is 35.7. The molecule has 0 saturated heterocycles. The van der Waals surface area contributed by atoms with Crippen LogP contribution in [-0.2, 0) is 11.2 Å². The molecule has 15 heavy (non-hydrogen) atoms. The third-order valence-electron chi connectivity index (χ3n) is 1.38. The van der Waals surface area contributed by atoms with Gasteiger partial charge in [-0.1, -0.05) is 0 Å². The number of hydrogen-bond acceptors (Lipinski definition) is 6. The molecule has 1 aliphatic heterocycles. The van der Waals surface area contributed by atoms with Gasteiger partial charge < -0.3 is 4.74 Å². The average Bonchev–Trinajstić information content (AvgIpc) is 2.40. The molecule has 1 aromatic heterocycles. The highest BCUT2D eigenvalue weighted by Crippen LogP contribution is 2.24. The molecular formula is C7H5ClO7. The molecule has 0 spiro atoms. The lowest BCUT2D eigenvalue weighted by atomic mass is 10.2. The molecule has 2 heterocycles. The molecule has 7 nitrogen and oxygen atoms in total.